The smallest absolute Gasteiger partial charge is 0.410 e. The van der Waals surface area contributed by atoms with E-state index in [1.165, 1.54) is 0 Å². The maximum atomic E-state index is 12.3. The molecular weight excluding hydrogens is 407 g/mol. The van der Waals surface area contributed by atoms with Gasteiger partial charge in [-0.25, -0.2) is 4.79 Å². The first-order valence-corrected chi connectivity index (χ1v) is 8.97. The van der Waals surface area contributed by atoms with Crippen LogP contribution in [0.3, 0.4) is 0 Å². The molecule has 2 atom stereocenters. The Hall–Kier alpha value is -1.12. The van der Waals surface area contributed by atoms with E-state index in [0.29, 0.717) is 12.6 Å². The molecule has 0 saturated carbocycles. The number of amides is 1. The van der Waals surface area contributed by atoms with Crippen molar-refractivity contribution in [2.75, 3.05) is 18.5 Å². The molecule has 7 heteroatoms. The monoisotopic (exact) mass is 432 g/mol. The molecule has 1 aliphatic rings. The molecule has 1 fully saturated rings. The molecule has 2 heterocycles. The summed E-state index contributed by atoms with van der Waals surface area (Å²) in [7, 11) is 2.04. The summed E-state index contributed by atoms with van der Waals surface area (Å²) in [5, 5.41) is 8.35. The lowest BCUT2D eigenvalue weighted by Crippen LogP contribution is -2.51. The van der Waals surface area contributed by atoms with Crippen LogP contribution in [-0.4, -0.2) is 52.5 Å². The van der Waals surface area contributed by atoms with E-state index in [2.05, 4.69) is 44.6 Å². The first kappa shape index (κ1) is 18.2. The second-order valence-electron chi connectivity index (χ2n) is 7.03. The second kappa shape index (κ2) is 7.19. The lowest BCUT2D eigenvalue weighted by Gasteiger charge is -2.41. The Balaban J connectivity index is 1.98. The van der Waals surface area contributed by atoms with Gasteiger partial charge in [0.2, 0.25) is 0 Å². The zero-order chi connectivity index (χ0) is 17.2. The minimum atomic E-state index is -0.457. The fraction of sp³-hybridized carbons (Fsp3) is 0.688. The predicted octanol–water partition coefficient (Wildman–Crippen LogP) is 3.31. The summed E-state index contributed by atoms with van der Waals surface area (Å²) in [6.45, 7) is 8.45. The minimum absolute atomic E-state index is 0.142. The summed E-state index contributed by atoms with van der Waals surface area (Å²) in [5.41, 5.74) is -0.457. The number of carbonyl (C=O) groups excluding carboxylic acids is 1. The van der Waals surface area contributed by atoms with E-state index in [-0.39, 0.29) is 12.1 Å². The summed E-state index contributed by atoms with van der Waals surface area (Å²) >= 11 is 2.15. The Kier molecular flexibility index (Phi) is 5.70. The van der Waals surface area contributed by atoms with Gasteiger partial charge < -0.3 is 14.5 Å². The van der Waals surface area contributed by atoms with Crippen molar-refractivity contribution in [2.45, 2.75) is 58.2 Å². The molecular formula is C16H25IN4O2. The third-order valence-electron chi connectivity index (χ3n) is 4.00. The van der Waals surface area contributed by atoms with Crippen molar-refractivity contribution >= 4 is 34.5 Å². The molecule has 23 heavy (non-hydrogen) atoms. The molecule has 1 aliphatic heterocycles. The number of carbonyl (C=O) groups is 1. The van der Waals surface area contributed by atoms with Crippen molar-refractivity contribution in [2.24, 2.45) is 0 Å². The topological polar surface area (TPSA) is 58.6 Å². The highest BCUT2D eigenvalue weighted by atomic mass is 127. The maximum Gasteiger partial charge on any atom is 0.410 e. The lowest BCUT2D eigenvalue weighted by molar-refractivity contribution is 0.0105. The number of hydrogen-bond donors (Lipinski definition) is 0. The number of halogens is 1. The molecule has 0 radical (unpaired) electrons. The quantitative estimate of drug-likeness (QED) is 0.672. The van der Waals surface area contributed by atoms with Crippen LogP contribution < -0.4 is 4.90 Å². The lowest BCUT2D eigenvalue weighted by atomic mass is 9.97. The van der Waals surface area contributed by atoms with E-state index in [9.17, 15) is 4.79 Å². The van der Waals surface area contributed by atoms with Crippen LogP contribution in [0.5, 0.6) is 0 Å². The molecule has 1 amide bonds. The van der Waals surface area contributed by atoms with Gasteiger partial charge in [0.25, 0.3) is 0 Å². The van der Waals surface area contributed by atoms with E-state index in [1.807, 2.05) is 44.9 Å². The van der Waals surface area contributed by atoms with Crippen LogP contribution >= 0.6 is 22.6 Å². The van der Waals surface area contributed by atoms with Gasteiger partial charge in [-0.1, -0.05) is 0 Å². The zero-order valence-corrected chi connectivity index (χ0v) is 16.6. The van der Waals surface area contributed by atoms with Crippen LogP contribution in [0, 0.1) is 3.70 Å². The van der Waals surface area contributed by atoms with Crippen LogP contribution in [0.2, 0.25) is 0 Å². The highest BCUT2D eigenvalue weighted by Crippen LogP contribution is 2.25. The molecule has 1 saturated heterocycles. The van der Waals surface area contributed by atoms with Gasteiger partial charge in [-0.3, -0.25) is 0 Å². The second-order valence-corrected chi connectivity index (χ2v) is 8.13. The van der Waals surface area contributed by atoms with Crippen LogP contribution in [0.25, 0.3) is 0 Å². The average Bonchev–Trinajstić information content (AvgIpc) is 2.45. The van der Waals surface area contributed by atoms with E-state index < -0.39 is 5.60 Å². The molecule has 128 valence electrons. The minimum Gasteiger partial charge on any atom is -0.444 e. The zero-order valence-electron chi connectivity index (χ0n) is 14.4. The Morgan fingerprint density at radius 1 is 1.39 bits per heavy atom. The SMILES string of the molecule is C[C@@H]1C[C@H](N(C)c2ccc(I)nn2)CCN1C(=O)OC(C)(C)C. The molecule has 0 spiro atoms. The average molecular weight is 432 g/mol. The molecule has 1 aromatic heterocycles. The largest absolute Gasteiger partial charge is 0.444 e. The van der Waals surface area contributed by atoms with Crippen LogP contribution in [0.1, 0.15) is 40.5 Å². The Morgan fingerprint density at radius 2 is 2.09 bits per heavy atom. The van der Waals surface area contributed by atoms with Crippen molar-refractivity contribution in [1.29, 1.82) is 0 Å². The number of nitrogens with zero attached hydrogens (tertiary/aromatic N) is 4. The number of anilines is 1. The Bertz CT molecular complexity index is 544. The molecule has 0 aromatic carbocycles. The highest BCUT2D eigenvalue weighted by molar-refractivity contribution is 14.1. The van der Waals surface area contributed by atoms with Crippen molar-refractivity contribution in [3.05, 3.63) is 15.8 Å². The van der Waals surface area contributed by atoms with Gasteiger partial charge in [0, 0.05) is 25.7 Å². The van der Waals surface area contributed by atoms with Gasteiger partial charge in [-0.2, -0.15) is 0 Å². The van der Waals surface area contributed by atoms with Crippen LogP contribution in [-0.2, 0) is 4.74 Å². The first-order valence-electron chi connectivity index (χ1n) is 7.89. The summed E-state index contributed by atoms with van der Waals surface area (Å²) in [5.74, 6) is 0.869. The van der Waals surface area contributed by atoms with E-state index >= 15 is 0 Å². The number of rotatable bonds is 2. The molecule has 2 rings (SSSR count). The predicted molar refractivity (Wildman–Crippen MR) is 98.6 cm³/mol. The summed E-state index contributed by atoms with van der Waals surface area (Å²) in [6, 6.07) is 4.43. The number of piperidine rings is 1. The maximum absolute atomic E-state index is 12.3. The molecule has 0 bridgehead atoms. The third-order valence-corrected chi connectivity index (χ3v) is 4.58. The van der Waals surface area contributed by atoms with Gasteiger partial charge in [-0.15, -0.1) is 10.2 Å². The Labute approximate surface area is 151 Å². The summed E-state index contributed by atoms with van der Waals surface area (Å²) < 4.78 is 6.37. The highest BCUT2D eigenvalue weighted by Gasteiger charge is 2.33. The van der Waals surface area contributed by atoms with E-state index in [4.69, 9.17) is 4.74 Å². The number of ether oxygens (including phenoxy) is 1. The van der Waals surface area contributed by atoms with Crippen LogP contribution in [0.15, 0.2) is 12.1 Å². The number of aromatic nitrogens is 2. The third kappa shape index (κ3) is 4.92. The number of hydrogen-bond acceptors (Lipinski definition) is 5. The molecule has 6 nitrogen and oxygen atoms in total. The summed E-state index contributed by atoms with van der Waals surface area (Å²) in [6.07, 6.45) is 1.57. The van der Waals surface area contributed by atoms with E-state index in [0.717, 1.165) is 22.4 Å². The van der Waals surface area contributed by atoms with Gasteiger partial charge >= 0.3 is 6.09 Å². The molecule has 1 aromatic rings. The fourth-order valence-corrected chi connectivity index (χ4v) is 3.06. The van der Waals surface area contributed by atoms with Gasteiger partial charge in [0.1, 0.15) is 9.30 Å². The van der Waals surface area contributed by atoms with E-state index in [1.54, 1.807) is 0 Å². The molecule has 0 unspecified atom stereocenters. The number of likely N-dealkylation sites (tertiary alicyclic amines) is 1. The normalized spacial score (nSPS) is 21.9. The standard InChI is InChI=1S/C16H25IN4O2/c1-11-10-12(20(5)14-7-6-13(17)18-19-14)8-9-21(11)15(22)23-16(2,3)4/h6-7,11-12H,8-10H2,1-5H3/t11-,12-/m1/s1. The first-order chi connectivity index (χ1) is 10.7. The molecule has 0 N–H and O–H groups in total. The van der Waals surface area contributed by atoms with Crippen molar-refractivity contribution in [1.82, 2.24) is 15.1 Å². The van der Waals surface area contributed by atoms with Gasteiger partial charge in [-0.05, 0) is 75.3 Å². The van der Waals surface area contributed by atoms with Crippen molar-refractivity contribution < 1.29 is 9.53 Å². The molecule has 0 aliphatic carbocycles. The Morgan fingerprint density at radius 3 is 2.61 bits per heavy atom. The van der Waals surface area contributed by atoms with Crippen LogP contribution in [0.4, 0.5) is 10.6 Å². The van der Waals surface area contributed by atoms with Gasteiger partial charge in [0.05, 0.1) is 0 Å². The van der Waals surface area contributed by atoms with Crippen molar-refractivity contribution in [3.63, 3.8) is 0 Å². The van der Waals surface area contributed by atoms with Gasteiger partial charge in [0.15, 0.2) is 5.82 Å². The fourth-order valence-electron chi connectivity index (χ4n) is 2.78. The van der Waals surface area contributed by atoms with Crippen molar-refractivity contribution in [3.8, 4) is 0 Å². The summed E-state index contributed by atoms with van der Waals surface area (Å²) in [4.78, 5) is 16.3.